The molecule has 6 bridgehead atoms. The molecule has 13 heteroatoms. The molecule has 7 aliphatic rings. The van der Waals surface area contributed by atoms with E-state index in [2.05, 4.69) is 16.7 Å². The van der Waals surface area contributed by atoms with E-state index in [0.29, 0.717) is 18.3 Å². The molecular weight excluding hydrogens is 717 g/mol. The molecule has 286 valence electrons. The number of carbonyl (C=O) groups excluding carboxylic acids is 2. The van der Waals surface area contributed by atoms with Crippen molar-refractivity contribution in [2.45, 2.75) is 101 Å². The molecular formula is C40H50N2O9S2. The molecule has 1 aromatic rings. The molecule has 8 rings (SSSR count). The van der Waals surface area contributed by atoms with Gasteiger partial charge in [-0.25, -0.2) is 0 Å². The first-order valence-electron chi connectivity index (χ1n) is 19.1. The van der Waals surface area contributed by atoms with E-state index in [9.17, 15) is 30.3 Å². The summed E-state index contributed by atoms with van der Waals surface area (Å²) in [7, 11) is 2.90. The number of benzene rings is 1. The molecule has 3 aliphatic heterocycles. The Balaban J connectivity index is 1.22. The lowest BCUT2D eigenvalue weighted by molar-refractivity contribution is -0.319. The van der Waals surface area contributed by atoms with Gasteiger partial charge in [-0.15, -0.1) is 0 Å². The summed E-state index contributed by atoms with van der Waals surface area (Å²) in [5, 5.41) is 65.0. The van der Waals surface area contributed by atoms with Crippen LogP contribution in [0, 0.1) is 22.7 Å². The predicted octanol–water partition coefficient (Wildman–Crippen LogP) is 4.83. The number of aliphatic hydroxyl groups excluding tert-OH is 4. The zero-order valence-corrected chi connectivity index (χ0v) is 31.4. The van der Waals surface area contributed by atoms with Crippen molar-refractivity contribution in [1.29, 1.82) is 0 Å². The number of allylic oxidation sites excluding steroid dienone is 6. The van der Waals surface area contributed by atoms with Gasteiger partial charge in [0.25, 0.3) is 0 Å². The van der Waals surface area contributed by atoms with Gasteiger partial charge in [0.2, 0.25) is 6.29 Å². The Bertz CT molecular complexity index is 1750. The third-order valence-electron chi connectivity index (χ3n) is 12.9. The van der Waals surface area contributed by atoms with Crippen LogP contribution >= 0.6 is 21.6 Å². The summed E-state index contributed by atoms with van der Waals surface area (Å²) in [6.07, 6.45) is 11.0. The van der Waals surface area contributed by atoms with Crippen molar-refractivity contribution < 1.29 is 44.6 Å². The second kappa shape index (κ2) is 14.7. The molecule has 0 aromatic heterocycles. The molecule has 4 aliphatic carbocycles. The molecule has 3 fully saturated rings. The summed E-state index contributed by atoms with van der Waals surface area (Å²) in [4.78, 5) is 29.7. The maximum absolute atomic E-state index is 15.1. The van der Waals surface area contributed by atoms with Gasteiger partial charge in [-0.1, -0.05) is 90.8 Å². The summed E-state index contributed by atoms with van der Waals surface area (Å²) in [5.74, 6) is -0.102. The second-order valence-corrected chi connectivity index (χ2v) is 18.5. The number of aliphatic hydroxyl groups is 5. The number of ketones is 2. The molecule has 1 aromatic carbocycles. The number of carbonyl (C=O) groups is 2. The molecule has 0 radical (unpaired) electrons. The van der Waals surface area contributed by atoms with Gasteiger partial charge < -0.3 is 45.6 Å². The van der Waals surface area contributed by atoms with E-state index in [1.165, 1.54) is 34.1 Å². The maximum Gasteiger partial charge on any atom is 0.229 e. The lowest BCUT2D eigenvalue weighted by Gasteiger charge is -2.51. The van der Waals surface area contributed by atoms with Crippen molar-refractivity contribution in [1.82, 2.24) is 10.6 Å². The first kappa shape index (κ1) is 37.2. The van der Waals surface area contributed by atoms with Gasteiger partial charge in [0.15, 0.2) is 11.6 Å². The first-order valence-corrected chi connectivity index (χ1v) is 21.6. The van der Waals surface area contributed by atoms with Crippen molar-refractivity contribution in [3.8, 4) is 5.75 Å². The predicted molar refractivity (Wildman–Crippen MR) is 202 cm³/mol. The quantitative estimate of drug-likeness (QED) is 0.209. The second-order valence-electron chi connectivity index (χ2n) is 16.0. The molecule has 3 heterocycles. The SMILES string of the molecule is O=C1c2cccc3c2C(=O)C2(CSSCNC4=CC(=CCN4)C4(CCCC4)CC4(O)C(O)C(CO)OC(O3)C4O)C(O)=CC(CC3CCCCC3)=CC12. The van der Waals surface area contributed by atoms with Gasteiger partial charge in [0.1, 0.15) is 40.8 Å². The number of dihydropyridines is 1. The Kier molecular flexibility index (Phi) is 10.3. The third-order valence-corrected chi connectivity index (χ3v) is 15.1. The van der Waals surface area contributed by atoms with Crippen molar-refractivity contribution in [3.05, 3.63) is 76.4 Å². The minimum Gasteiger partial charge on any atom is -0.511 e. The Morgan fingerprint density at radius 1 is 0.962 bits per heavy atom. The zero-order chi connectivity index (χ0) is 37.0. The van der Waals surface area contributed by atoms with Crippen molar-refractivity contribution in [3.63, 3.8) is 0 Å². The van der Waals surface area contributed by atoms with Crippen LogP contribution in [0.2, 0.25) is 0 Å². The molecule has 53 heavy (non-hydrogen) atoms. The summed E-state index contributed by atoms with van der Waals surface area (Å²) in [6, 6.07) is 4.69. The average molecular weight is 767 g/mol. The molecule has 1 saturated heterocycles. The Labute approximate surface area is 317 Å². The van der Waals surface area contributed by atoms with E-state index in [4.69, 9.17) is 9.47 Å². The van der Waals surface area contributed by atoms with Crippen molar-refractivity contribution in [2.75, 3.05) is 24.8 Å². The highest BCUT2D eigenvalue weighted by Gasteiger charge is 2.61. The minimum absolute atomic E-state index is 0.0223. The highest BCUT2D eigenvalue weighted by Crippen LogP contribution is 2.55. The van der Waals surface area contributed by atoms with Gasteiger partial charge in [0.05, 0.1) is 29.8 Å². The molecule has 7 atom stereocenters. The first-order chi connectivity index (χ1) is 25.6. The van der Waals surface area contributed by atoms with Crippen LogP contribution in [0.25, 0.3) is 0 Å². The summed E-state index contributed by atoms with van der Waals surface area (Å²) in [5.41, 5.74) is -2.38. The van der Waals surface area contributed by atoms with E-state index < -0.39 is 59.3 Å². The fourth-order valence-corrected chi connectivity index (χ4v) is 12.3. The van der Waals surface area contributed by atoms with E-state index >= 15 is 4.79 Å². The Hall–Kier alpha value is -2.78. The molecule has 2 spiro atoms. The number of Topliss-reactive ketones (excluding diaryl/α,β-unsaturated/α-hetero) is 2. The topological polar surface area (TPSA) is 178 Å². The Morgan fingerprint density at radius 3 is 2.53 bits per heavy atom. The van der Waals surface area contributed by atoms with Crippen LogP contribution in [0.4, 0.5) is 0 Å². The lowest BCUT2D eigenvalue weighted by atomic mass is 9.60. The van der Waals surface area contributed by atoms with Crippen molar-refractivity contribution in [2.24, 2.45) is 22.7 Å². The van der Waals surface area contributed by atoms with Crippen LogP contribution < -0.4 is 15.4 Å². The monoisotopic (exact) mass is 766 g/mol. The van der Waals surface area contributed by atoms with Crippen LogP contribution in [0.5, 0.6) is 5.75 Å². The number of hydrogen-bond acceptors (Lipinski definition) is 13. The molecule has 2 saturated carbocycles. The van der Waals surface area contributed by atoms with Crippen molar-refractivity contribution >= 4 is 33.2 Å². The maximum atomic E-state index is 15.1. The van der Waals surface area contributed by atoms with E-state index in [1.807, 2.05) is 12.2 Å². The summed E-state index contributed by atoms with van der Waals surface area (Å²) < 4.78 is 12.2. The number of hydrogen-bond donors (Lipinski definition) is 7. The van der Waals surface area contributed by atoms with Gasteiger partial charge in [-0.05, 0) is 66.4 Å². The third kappa shape index (κ3) is 6.37. The number of rotatable bonds is 3. The molecule has 7 N–H and O–H groups in total. The van der Waals surface area contributed by atoms with E-state index in [-0.39, 0.29) is 40.6 Å². The highest BCUT2D eigenvalue weighted by molar-refractivity contribution is 8.76. The van der Waals surface area contributed by atoms with Crippen LogP contribution in [-0.4, -0.2) is 92.1 Å². The van der Waals surface area contributed by atoms with Crippen LogP contribution in [0.15, 0.2) is 65.2 Å². The lowest BCUT2D eigenvalue weighted by Crippen LogP contribution is -2.69. The minimum atomic E-state index is -2.17. The van der Waals surface area contributed by atoms with Gasteiger partial charge in [0, 0.05) is 17.9 Å². The Morgan fingerprint density at radius 2 is 1.75 bits per heavy atom. The standard InChI is InChI=1S/C40H50N2O9S2/c43-19-29-34(46)40(49)20-38(12-4-5-13-38)25-11-14-41-31(18-25)42-22-53-52-21-39-27(16-24(17-30(39)44)15-23-7-2-1-3-8-23)33(45)26-9-6-10-28(32(26)35(39)47)50-37(51-29)36(40)48/h6,9-11,16-18,23,27,29,34,36-37,41-44,46,48-49H,1-5,7-8,12-15,19-22H2. The number of fused-ring (bicyclic) bond motifs is 4. The zero-order valence-electron chi connectivity index (χ0n) is 29.8. The fraction of sp³-hybridized carbons (Fsp3) is 0.600. The van der Waals surface area contributed by atoms with Gasteiger partial charge in [-0.2, -0.15) is 0 Å². The van der Waals surface area contributed by atoms with Crippen LogP contribution in [0.3, 0.4) is 0 Å². The number of nitrogens with one attached hydrogen (secondary N) is 2. The summed E-state index contributed by atoms with van der Waals surface area (Å²) >= 11 is 0. The molecule has 0 amide bonds. The van der Waals surface area contributed by atoms with Gasteiger partial charge >= 0.3 is 0 Å². The average Bonchev–Trinajstić information content (AvgIpc) is 3.64. The normalized spacial score (nSPS) is 36.0. The molecule has 11 nitrogen and oxygen atoms in total. The van der Waals surface area contributed by atoms with Crippen LogP contribution in [-0.2, 0) is 4.74 Å². The smallest absolute Gasteiger partial charge is 0.229 e. The van der Waals surface area contributed by atoms with E-state index in [0.717, 1.165) is 74.8 Å². The number of ether oxygens (including phenoxy) is 2. The van der Waals surface area contributed by atoms with Gasteiger partial charge in [-0.3, -0.25) is 9.59 Å². The summed E-state index contributed by atoms with van der Waals surface area (Å²) in [6.45, 7) is -0.123. The molecule has 7 unspecified atom stereocenters. The van der Waals surface area contributed by atoms with E-state index in [1.54, 1.807) is 18.2 Å². The highest BCUT2D eigenvalue weighted by atomic mass is 33.1. The fourth-order valence-electron chi connectivity index (χ4n) is 10.1. The van der Waals surface area contributed by atoms with Crippen LogP contribution in [0.1, 0.15) is 91.3 Å². The largest absolute Gasteiger partial charge is 0.511 e.